The highest BCUT2D eigenvalue weighted by molar-refractivity contribution is 6.01. The maximum absolute atomic E-state index is 15.1. The molecule has 3 aliphatic rings. The van der Waals surface area contributed by atoms with Gasteiger partial charge in [-0.3, -0.25) is 34.6 Å². The van der Waals surface area contributed by atoms with Crippen LogP contribution >= 0.6 is 0 Å². The molecule has 2 aromatic carbocycles. The average Bonchev–Trinajstić information content (AvgIpc) is 3.47. The molecule has 3 saturated heterocycles. The van der Waals surface area contributed by atoms with Gasteiger partial charge in [-0.25, -0.2) is 4.39 Å². The van der Waals surface area contributed by atoms with Crippen LogP contribution in [0, 0.1) is 21.8 Å². The minimum Gasteiger partial charge on any atom is -0.490 e. The predicted molar refractivity (Wildman–Crippen MR) is 167 cm³/mol. The Labute approximate surface area is 260 Å². The maximum atomic E-state index is 15.1. The van der Waals surface area contributed by atoms with Crippen LogP contribution in [0.1, 0.15) is 37.2 Å². The molecule has 4 heterocycles. The lowest BCUT2D eigenvalue weighted by atomic mass is 9.90. The number of nitrogens with one attached hydrogen (secondary N) is 1. The summed E-state index contributed by atoms with van der Waals surface area (Å²) in [6.07, 6.45) is 6.13. The van der Waals surface area contributed by atoms with Crippen molar-refractivity contribution in [3.8, 4) is 16.9 Å². The summed E-state index contributed by atoms with van der Waals surface area (Å²) in [6, 6.07) is 8.44. The molecule has 0 spiro atoms. The van der Waals surface area contributed by atoms with Crippen LogP contribution in [0.4, 0.5) is 21.5 Å². The number of halogens is 1. The molecule has 3 fully saturated rings. The first kappa shape index (κ1) is 30.5. The van der Waals surface area contributed by atoms with Gasteiger partial charge >= 0.3 is 5.69 Å². The number of benzene rings is 2. The molecular weight excluding hydrogens is 581 g/mol. The number of carbonyl (C=O) groups is 2. The molecule has 1 N–H and O–H groups in total. The molecule has 6 rings (SSSR count). The summed E-state index contributed by atoms with van der Waals surface area (Å²) >= 11 is 0. The van der Waals surface area contributed by atoms with E-state index in [1.54, 1.807) is 29.1 Å². The fraction of sp³-hybridized carbons (Fsp3) is 0.469. The number of rotatable bonds is 8. The average molecular weight is 620 g/mol. The Bertz CT molecular complexity index is 1590. The number of imide groups is 1. The largest absolute Gasteiger partial charge is 0.490 e. The Hall–Kier alpha value is -4.52. The number of nitrogens with zero attached hydrogens (tertiary/aromatic N) is 6. The van der Waals surface area contributed by atoms with Crippen molar-refractivity contribution in [2.24, 2.45) is 13.0 Å². The second-order valence-electron chi connectivity index (χ2n) is 12.1. The summed E-state index contributed by atoms with van der Waals surface area (Å²) in [4.78, 5) is 42.0. The van der Waals surface area contributed by atoms with E-state index >= 15 is 4.39 Å². The molecule has 12 nitrogen and oxygen atoms in total. The second kappa shape index (κ2) is 12.8. The molecule has 238 valence electrons. The number of nitro benzene ring substituents is 1. The van der Waals surface area contributed by atoms with Crippen molar-refractivity contribution in [1.29, 1.82) is 0 Å². The zero-order valence-electron chi connectivity index (χ0n) is 25.6. The highest BCUT2D eigenvalue weighted by atomic mass is 19.1. The van der Waals surface area contributed by atoms with Crippen molar-refractivity contribution < 1.29 is 23.6 Å². The smallest absolute Gasteiger partial charge is 0.311 e. The zero-order valence-corrected chi connectivity index (χ0v) is 25.6. The molecule has 0 saturated carbocycles. The maximum Gasteiger partial charge on any atom is 0.311 e. The molecule has 1 atom stereocenters. The number of piperazine rings is 1. The Kier molecular flexibility index (Phi) is 8.70. The first-order chi connectivity index (χ1) is 21.7. The topological polar surface area (TPSA) is 126 Å². The van der Waals surface area contributed by atoms with E-state index in [0.717, 1.165) is 81.2 Å². The van der Waals surface area contributed by atoms with Gasteiger partial charge in [0.15, 0.2) is 5.75 Å². The van der Waals surface area contributed by atoms with Gasteiger partial charge in [-0.2, -0.15) is 5.10 Å². The lowest BCUT2D eigenvalue weighted by Gasteiger charge is -2.40. The van der Waals surface area contributed by atoms with E-state index in [9.17, 15) is 19.7 Å². The van der Waals surface area contributed by atoms with Crippen molar-refractivity contribution in [3.05, 3.63) is 64.2 Å². The molecule has 3 aromatic rings. The molecule has 1 aromatic heterocycles. The summed E-state index contributed by atoms with van der Waals surface area (Å²) in [6.45, 7) is 5.97. The fourth-order valence-electron chi connectivity index (χ4n) is 6.81. The van der Waals surface area contributed by atoms with Gasteiger partial charge in [-0.1, -0.05) is 6.07 Å². The highest BCUT2D eigenvalue weighted by Crippen LogP contribution is 2.41. The van der Waals surface area contributed by atoms with Gasteiger partial charge in [-0.15, -0.1) is 0 Å². The van der Waals surface area contributed by atoms with E-state index in [2.05, 4.69) is 25.1 Å². The Morgan fingerprint density at radius 3 is 2.42 bits per heavy atom. The quantitative estimate of drug-likeness (QED) is 0.228. The van der Waals surface area contributed by atoms with Crippen LogP contribution in [0.15, 0.2) is 42.7 Å². The molecule has 3 aliphatic heterocycles. The second-order valence-corrected chi connectivity index (χ2v) is 12.1. The van der Waals surface area contributed by atoms with Gasteiger partial charge in [-0.05, 0) is 37.3 Å². The van der Waals surface area contributed by atoms with Crippen LogP contribution in [-0.2, 0) is 16.6 Å². The number of nitro groups is 1. The lowest BCUT2D eigenvalue weighted by Crippen LogP contribution is -2.49. The van der Waals surface area contributed by atoms with E-state index in [-0.39, 0.29) is 23.8 Å². The number of hydrogen-bond donors (Lipinski definition) is 1. The minimum absolute atomic E-state index is 0.0675. The number of aryl methyl sites for hydroxylation is 1. The van der Waals surface area contributed by atoms with Crippen LogP contribution in [0.5, 0.6) is 5.75 Å². The molecular formula is C32H38FN7O5. The summed E-state index contributed by atoms with van der Waals surface area (Å²) < 4.78 is 22.2. The molecule has 0 radical (unpaired) electrons. The summed E-state index contributed by atoms with van der Waals surface area (Å²) in [5.41, 5.74) is 3.58. The number of anilines is 2. The number of amides is 2. The number of carbonyl (C=O) groups excluding carboxylic acids is 2. The van der Waals surface area contributed by atoms with Crippen molar-refractivity contribution >= 4 is 28.9 Å². The molecule has 45 heavy (non-hydrogen) atoms. The lowest BCUT2D eigenvalue weighted by molar-refractivity contribution is -0.385. The highest BCUT2D eigenvalue weighted by Gasteiger charge is 2.31. The van der Waals surface area contributed by atoms with E-state index in [4.69, 9.17) is 4.74 Å². The summed E-state index contributed by atoms with van der Waals surface area (Å²) in [7, 11) is 3.28. The van der Waals surface area contributed by atoms with Crippen molar-refractivity contribution in [3.63, 3.8) is 0 Å². The summed E-state index contributed by atoms with van der Waals surface area (Å²) in [5, 5.41) is 18.3. The molecule has 1 unspecified atom stereocenters. The molecule has 0 aliphatic carbocycles. The third kappa shape index (κ3) is 6.48. The van der Waals surface area contributed by atoms with Crippen molar-refractivity contribution in [2.75, 3.05) is 62.7 Å². The van der Waals surface area contributed by atoms with Crippen molar-refractivity contribution in [1.82, 2.24) is 20.0 Å². The van der Waals surface area contributed by atoms with E-state index in [1.807, 2.05) is 19.3 Å². The number of hydrogen-bond acceptors (Lipinski definition) is 9. The van der Waals surface area contributed by atoms with Gasteiger partial charge < -0.3 is 14.5 Å². The fourth-order valence-corrected chi connectivity index (χ4v) is 6.81. The first-order valence-corrected chi connectivity index (χ1v) is 15.4. The monoisotopic (exact) mass is 619 g/mol. The van der Waals surface area contributed by atoms with E-state index in [1.165, 1.54) is 13.2 Å². The Morgan fingerprint density at radius 1 is 1.04 bits per heavy atom. The van der Waals surface area contributed by atoms with E-state index < -0.39 is 22.6 Å². The SMILES string of the molecule is COc1cc(N2CCC(CN3CCN(c4ccc(C5CCC(=O)NC5=O)c(F)c4)CC3)CC2)c(-c2cnn(C)c2)cc1[N+](=O)[O-]. The van der Waals surface area contributed by atoms with Crippen LogP contribution in [-0.4, -0.2) is 84.3 Å². The van der Waals surface area contributed by atoms with Gasteiger partial charge in [0.25, 0.3) is 0 Å². The Balaban J connectivity index is 1.05. The zero-order chi connectivity index (χ0) is 31.7. The number of aromatic nitrogens is 2. The molecule has 13 heteroatoms. The summed E-state index contributed by atoms with van der Waals surface area (Å²) in [5.74, 6) is -1.01. The molecule has 0 bridgehead atoms. The number of piperidine rings is 2. The van der Waals surface area contributed by atoms with Crippen LogP contribution in [0.25, 0.3) is 11.1 Å². The van der Waals surface area contributed by atoms with Gasteiger partial charge in [0.2, 0.25) is 11.8 Å². The molecule has 2 amide bonds. The van der Waals surface area contributed by atoms with Crippen LogP contribution < -0.4 is 19.9 Å². The number of methoxy groups -OCH3 is 1. The van der Waals surface area contributed by atoms with Gasteiger partial charge in [0.1, 0.15) is 5.82 Å². The first-order valence-electron chi connectivity index (χ1n) is 15.4. The van der Waals surface area contributed by atoms with Crippen LogP contribution in [0.3, 0.4) is 0 Å². The van der Waals surface area contributed by atoms with Gasteiger partial charge in [0, 0.05) is 106 Å². The van der Waals surface area contributed by atoms with Gasteiger partial charge in [0.05, 0.1) is 24.1 Å². The minimum atomic E-state index is -0.635. The third-order valence-electron chi connectivity index (χ3n) is 9.32. The van der Waals surface area contributed by atoms with Crippen LogP contribution in [0.2, 0.25) is 0 Å². The predicted octanol–water partition coefficient (Wildman–Crippen LogP) is 3.70. The number of ether oxygens (including phenoxy) is 1. The van der Waals surface area contributed by atoms with E-state index in [0.29, 0.717) is 17.9 Å². The van der Waals surface area contributed by atoms with Crippen molar-refractivity contribution in [2.45, 2.75) is 31.6 Å². The Morgan fingerprint density at radius 2 is 1.80 bits per heavy atom. The standard InChI is InChI=1S/C32H38FN7O5/c1-36-20-22(18-34-36)26-16-29(40(43)44)30(45-2)17-28(26)39-9-7-21(8-10-39)19-37-11-13-38(14-12-37)23-3-4-24(27(33)15-23)25-5-6-31(41)35-32(25)42/h3-4,15-18,20-21,25H,5-14,19H2,1-2H3,(H,35,41,42). The normalized spacial score (nSPS) is 19.9. The third-order valence-corrected chi connectivity index (χ3v) is 9.32.